The van der Waals surface area contributed by atoms with Crippen LogP contribution in [-0.2, 0) is 24.1 Å². The molecule has 4 rings (SSSR count). The first-order valence-electron chi connectivity index (χ1n) is 10.1. The fourth-order valence-electron chi connectivity index (χ4n) is 3.71. The highest BCUT2D eigenvalue weighted by molar-refractivity contribution is 5.76. The molecule has 1 aromatic heterocycles. The third-order valence-corrected chi connectivity index (χ3v) is 5.39. The number of nitrogens with zero attached hydrogens (tertiary/aromatic N) is 2. The van der Waals surface area contributed by atoms with E-state index in [-0.39, 0.29) is 24.2 Å². The van der Waals surface area contributed by atoms with Gasteiger partial charge in [-0.1, -0.05) is 23.4 Å². The van der Waals surface area contributed by atoms with Crippen LogP contribution < -0.4 is 5.32 Å². The van der Waals surface area contributed by atoms with Gasteiger partial charge in [-0.15, -0.1) is 0 Å². The zero-order valence-corrected chi connectivity index (χ0v) is 16.5. The van der Waals surface area contributed by atoms with Crippen molar-refractivity contribution >= 4 is 5.91 Å². The molecule has 1 aliphatic carbocycles. The zero-order chi connectivity index (χ0) is 20.2. The Morgan fingerprint density at radius 2 is 1.90 bits per heavy atom. The van der Waals surface area contributed by atoms with Crippen molar-refractivity contribution in [3.05, 3.63) is 70.9 Å². The van der Waals surface area contributed by atoms with Gasteiger partial charge in [0.2, 0.25) is 17.6 Å². The molecule has 1 aliphatic rings. The Balaban J connectivity index is 1.31. The van der Waals surface area contributed by atoms with Gasteiger partial charge in [-0.3, -0.25) is 4.79 Å². The summed E-state index contributed by atoms with van der Waals surface area (Å²) < 4.78 is 18.2. The molecule has 0 saturated heterocycles. The Labute approximate surface area is 169 Å². The third-order valence-electron chi connectivity index (χ3n) is 5.39. The maximum absolute atomic E-state index is 13.0. The van der Waals surface area contributed by atoms with E-state index in [1.54, 1.807) is 12.1 Å². The average Bonchev–Trinajstić information content (AvgIpc) is 3.21. The molecule has 3 aromatic rings. The number of halogens is 1. The second-order valence-corrected chi connectivity index (χ2v) is 7.54. The molecule has 5 nitrogen and oxygen atoms in total. The first kappa shape index (κ1) is 19.3. The number of amides is 1. The normalized spacial score (nSPS) is 14.3. The van der Waals surface area contributed by atoms with E-state index in [2.05, 4.69) is 33.7 Å². The van der Waals surface area contributed by atoms with Gasteiger partial charge in [0.25, 0.3) is 0 Å². The summed E-state index contributed by atoms with van der Waals surface area (Å²) in [5.41, 5.74) is 4.66. The molecule has 1 heterocycles. The quantitative estimate of drug-likeness (QED) is 0.666. The summed E-state index contributed by atoms with van der Waals surface area (Å²) in [6, 6.07) is 12.4. The van der Waals surface area contributed by atoms with E-state index in [1.807, 2.05) is 6.92 Å². The summed E-state index contributed by atoms with van der Waals surface area (Å²) >= 11 is 0. The molecule has 6 heteroatoms. The molecule has 29 heavy (non-hydrogen) atoms. The number of hydrogen-bond acceptors (Lipinski definition) is 4. The van der Waals surface area contributed by atoms with E-state index in [9.17, 15) is 9.18 Å². The standard InChI is InChI=1S/C23H24FN3O2/c1-15(18-7-6-16-4-2-3-5-19(16)14-18)25-21(28)12-13-22-26-23(27-29-22)17-8-10-20(24)11-9-17/h6-11,14-15H,2-5,12-13H2,1H3,(H,25,28)/t15-/m1/s1. The fraction of sp³-hybridized carbons (Fsp3) is 0.348. The van der Waals surface area contributed by atoms with Crippen LogP contribution in [0.25, 0.3) is 11.4 Å². The molecule has 150 valence electrons. The third kappa shape index (κ3) is 4.70. The number of aryl methyl sites for hydroxylation is 3. The summed E-state index contributed by atoms with van der Waals surface area (Å²) in [5.74, 6) is 0.405. The summed E-state index contributed by atoms with van der Waals surface area (Å²) in [6.07, 6.45) is 5.40. The number of carbonyl (C=O) groups excluding carboxylic acids is 1. The van der Waals surface area contributed by atoms with E-state index in [0.717, 1.165) is 18.4 Å². The number of carbonyl (C=O) groups is 1. The highest BCUT2D eigenvalue weighted by Gasteiger charge is 2.15. The molecule has 1 atom stereocenters. The first-order valence-corrected chi connectivity index (χ1v) is 10.1. The summed E-state index contributed by atoms with van der Waals surface area (Å²) in [6.45, 7) is 2.00. The summed E-state index contributed by atoms with van der Waals surface area (Å²) in [5, 5.41) is 6.95. The molecule has 2 aromatic carbocycles. The van der Waals surface area contributed by atoms with E-state index < -0.39 is 0 Å². The molecule has 0 fully saturated rings. The van der Waals surface area contributed by atoms with Crippen molar-refractivity contribution in [3.63, 3.8) is 0 Å². The monoisotopic (exact) mass is 393 g/mol. The molecule has 0 radical (unpaired) electrons. The van der Waals surface area contributed by atoms with Gasteiger partial charge in [-0.2, -0.15) is 4.98 Å². The van der Waals surface area contributed by atoms with Gasteiger partial charge in [-0.05, 0) is 73.6 Å². The maximum Gasteiger partial charge on any atom is 0.227 e. The lowest BCUT2D eigenvalue weighted by molar-refractivity contribution is -0.121. The van der Waals surface area contributed by atoms with Crippen LogP contribution in [0.2, 0.25) is 0 Å². The number of aromatic nitrogens is 2. The molecule has 0 bridgehead atoms. The molecular formula is C23H24FN3O2. The van der Waals surface area contributed by atoms with Crippen molar-refractivity contribution < 1.29 is 13.7 Å². The van der Waals surface area contributed by atoms with Gasteiger partial charge in [-0.25, -0.2) is 4.39 Å². The van der Waals surface area contributed by atoms with Gasteiger partial charge < -0.3 is 9.84 Å². The Hall–Kier alpha value is -3.02. The van der Waals surface area contributed by atoms with Gasteiger partial charge in [0.05, 0.1) is 6.04 Å². The van der Waals surface area contributed by atoms with Crippen molar-refractivity contribution in [1.29, 1.82) is 0 Å². The van der Waals surface area contributed by atoms with Crippen LogP contribution >= 0.6 is 0 Å². The molecule has 1 amide bonds. The first-order chi connectivity index (χ1) is 14.1. The Morgan fingerprint density at radius 1 is 1.14 bits per heavy atom. The van der Waals surface area contributed by atoms with Crippen LogP contribution in [0.3, 0.4) is 0 Å². The lowest BCUT2D eigenvalue weighted by Crippen LogP contribution is -2.27. The van der Waals surface area contributed by atoms with Crippen molar-refractivity contribution in [3.8, 4) is 11.4 Å². The second kappa shape index (κ2) is 8.55. The van der Waals surface area contributed by atoms with Crippen LogP contribution in [0, 0.1) is 5.82 Å². The van der Waals surface area contributed by atoms with E-state index in [4.69, 9.17) is 4.52 Å². The summed E-state index contributed by atoms with van der Waals surface area (Å²) in [7, 11) is 0. The number of benzene rings is 2. The Kier molecular flexibility index (Phi) is 5.69. The van der Waals surface area contributed by atoms with Crippen LogP contribution in [0.15, 0.2) is 47.0 Å². The minimum Gasteiger partial charge on any atom is -0.350 e. The molecule has 0 unspecified atom stereocenters. The molecule has 0 spiro atoms. The van der Waals surface area contributed by atoms with Crippen molar-refractivity contribution in [2.45, 2.75) is 51.5 Å². The molecular weight excluding hydrogens is 369 g/mol. The highest BCUT2D eigenvalue weighted by atomic mass is 19.1. The van der Waals surface area contributed by atoms with E-state index in [0.29, 0.717) is 23.7 Å². The van der Waals surface area contributed by atoms with Gasteiger partial charge >= 0.3 is 0 Å². The van der Waals surface area contributed by atoms with Crippen LogP contribution in [0.1, 0.15) is 54.8 Å². The Bertz CT molecular complexity index is 998. The number of fused-ring (bicyclic) bond motifs is 1. The van der Waals surface area contributed by atoms with Crippen molar-refractivity contribution in [2.24, 2.45) is 0 Å². The minimum absolute atomic E-state index is 0.0489. The average molecular weight is 393 g/mol. The van der Waals surface area contributed by atoms with Gasteiger partial charge in [0, 0.05) is 18.4 Å². The molecule has 0 aliphatic heterocycles. The van der Waals surface area contributed by atoms with E-state index in [1.165, 1.54) is 36.1 Å². The topological polar surface area (TPSA) is 68.0 Å². The lowest BCUT2D eigenvalue weighted by Gasteiger charge is -2.20. The van der Waals surface area contributed by atoms with Gasteiger partial charge in [0.15, 0.2) is 0 Å². The zero-order valence-electron chi connectivity index (χ0n) is 16.5. The van der Waals surface area contributed by atoms with Crippen LogP contribution in [-0.4, -0.2) is 16.0 Å². The van der Waals surface area contributed by atoms with E-state index >= 15 is 0 Å². The second-order valence-electron chi connectivity index (χ2n) is 7.54. The maximum atomic E-state index is 13.0. The van der Waals surface area contributed by atoms with Crippen molar-refractivity contribution in [2.75, 3.05) is 0 Å². The van der Waals surface area contributed by atoms with Crippen LogP contribution in [0.5, 0.6) is 0 Å². The number of rotatable bonds is 6. The predicted octanol–water partition coefficient (Wildman–Crippen LogP) is 4.56. The molecule has 0 saturated carbocycles. The highest BCUT2D eigenvalue weighted by Crippen LogP contribution is 2.25. The minimum atomic E-state index is -0.317. The number of nitrogens with one attached hydrogen (secondary N) is 1. The van der Waals surface area contributed by atoms with Crippen LogP contribution in [0.4, 0.5) is 4.39 Å². The van der Waals surface area contributed by atoms with Gasteiger partial charge in [0.1, 0.15) is 5.82 Å². The summed E-state index contributed by atoms with van der Waals surface area (Å²) in [4.78, 5) is 16.6. The number of hydrogen-bond donors (Lipinski definition) is 1. The SMILES string of the molecule is C[C@@H](NC(=O)CCc1nc(-c2ccc(F)cc2)no1)c1ccc2c(c1)CCCC2. The fourth-order valence-corrected chi connectivity index (χ4v) is 3.71. The van der Waals surface area contributed by atoms with Crippen molar-refractivity contribution in [1.82, 2.24) is 15.5 Å². The molecule has 1 N–H and O–H groups in total. The largest absolute Gasteiger partial charge is 0.350 e. The Morgan fingerprint density at radius 3 is 2.69 bits per heavy atom. The predicted molar refractivity (Wildman–Crippen MR) is 108 cm³/mol. The smallest absolute Gasteiger partial charge is 0.227 e. The lowest BCUT2D eigenvalue weighted by atomic mass is 9.89.